The highest BCUT2D eigenvalue weighted by atomic mass is 32.2. The largest absolute Gasteiger partial charge is 0.479 e. The van der Waals surface area contributed by atoms with Gasteiger partial charge in [-0.3, -0.25) is 0 Å². The van der Waals surface area contributed by atoms with Gasteiger partial charge in [-0.1, -0.05) is 12.1 Å². The Hall–Kier alpha value is -1.95. The molecule has 1 aromatic rings. The van der Waals surface area contributed by atoms with E-state index in [-0.39, 0.29) is 10.5 Å². The number of sulfonamides is 1. The van der Waals surface area contributed by atoms with E-state index in [1.54, 1.807) is 6.07 Å². The van der Waals surface area contributed by atoms with E-state index in [0.29, 0.717) is 0 Å². The molecule has 0 spiro atoms. The van der Waals surface area contributed by atoms with Crippen LogP contribution in [0.25, 0.3) is 0 Å². The summed E-state index contributed by atoms with van der Waals surface area (Å²) in [5.74, 6) is -1.54. The van der Waals surface area contributed by atoms with Crippen molar-refractivity contribution in [3.8, 4) is 6.07 Å². The summed E-state index contributed by atoms with van der Waals surface area (Å²) in [4.78, 5) is 10.1. The molecule has 0 aromatic heterocycles. The van der Waals surface area contributed by atoms with E-state index in [1.807, 2.05) is 4.72 Å². The average molecular weight is 270 g/mol. The molecule has 1 unspecified atom stereocenters. The highest BCUT2D eigenvalue weighted by molar-refractivity contribution is 7.89. The molecule has 0 bridgehead atoms. The molecule has 1 atom stereocenters. The van der Waals surface area contributed by atoms with Crippen molar-refractivity contribution in [2.45, 2.75) is 11.0 Å². The molecule has 0 aliphatic heterocycles. The molecule has 7 nitrogen and oxygen atoms in total. The van der Waals surface area contributed by atoms with Crippen molar-refractivity contribution >= 4 is 16.0 Å². The van der Waals surface area contributed by atoms with Crippen molar-refractivity contribution in [2.24, 2.45) is 0 Å². The number of nitrogens with zero attached hydrogens (tertiary/aromatic N) is 1. The summed E-state index contributed by atoms with van der Waals surface area (Å²) in [5, 5.41) is 26.1. The van der Waals surface area contributed by atoms with Gasteiger partial charge in [-0.2, -0.15) is 5.26 Å². The molecule has 0 radical (unpaired) electrons. The number of benzene rings is 1. The molecule has 0 aliphatic rings. The Labute approximate surface area is 103 Å². The van der Waals surface area contributed by atoms with Crippen LogP contribution in [0.5, 0.6) is 0 Å². The number of carboxylic acid groups (broad SMARTS) is 1. The summed E-state index contributed by atoms with van der Waals surface area (Å²) >= 11 is 0. The van der Waals surface area contributed by atoms with Crippen LogP contribution in [-0.2, 0) is 14.8 Å². The summed E-state index contributed by atoms with van der Waals surface area (Å²) < 4.78 is 25.5. The van der Waals surface area contributed by atoms with Gasteiger partial charge in [0, 0.05) is 6.54 Å². The fourth-order valence-corrected chi connectivity index (χ4v) is 2.34. The van der Waals surface area contributed by atoms with Gasteiger partial charge in [-0.05, 0) is 12.1 Å². The maximum atomic E-state index is 11.8. The number of aliphatic carboxylic acids is 1. The minimum absolute atomic E-state index is 0.0604. The van der Waals surface area contributed by atoms with Gasteiger partial charge in [0.15, 0.2) is 6.10 Å². The lowest BCUT2D eigenvalue weighted by Gasteiger charge is -2.09. The van der Waals surface area contributed by atoms with Gasteiger partial charge in [0.1, 0.15) is 6.07 Å². The van der Waals surface area contributed by atoms with Gasteiger partial charge in [0.05, 0.1) is 10.5 Å². The van der Waals surface area contributed by atoms with Crippen LogP contribution < -0.4 is 4.72 Å². The van der Waals surface area contributed by atoms with Crippen LogP contribution in [0.1, 0.15) is 5.56 Å². The summed E-state index contributed by atoms with van der Waals surface area (Å²) in [6, 6.07) is 7.19. The van der Waals surface area contributed by atoms with E-state index in [1.165, 1.54) is 24.3 Å². The molecule has 0 fully saturated rings. The molecule has 1 aromatic carbocycles. The predicted octanol–water partition coefficient (Wildman–Crippen LogP) is -0.718. The number of nitriles is 1. The number of rotatable bonds is 5. The second-order valence-corrected chi connectivity index (χ2v) is 5.05. The van der Waals surface area contributed by atoms with Crippen LogP contribution in [0.15, 0.2) is 29.2 Å². The Morgan fingerprint density at radius 1 is 1.44 bits per heavy atom. The van der Waals surface area contributed by atoms with Crippen molar-refractivity contribution in [3.63, 3.8) is 0 Å². The van der Waals surface area contributed by atoms with Crippen molar-refractivity contribution in [2.75, 3.05) is 6.54 Å². The molecule has 18 heavy (non-hydrogen) atoms. The molecule has 0 aliphatic carbocycles. The van der Waals surface area contributed by atoms with Crippen LogP contribution in [0, 0.1) is 11.3 Å². The SMILES string of the molecule is N#Cc1ccccc1S(=O)(=O)NCC(O)C(=O)O. The van der Waals surface area contributed by atoms with Gasteiger partial charge < -0.3 is 10.2 Å². The zero-order valence-electron chi connectivity index (χ0n) is 9.07. The number of hydrogen-bond donors (Lipinski definition) is 3. The fraction of sp³-hybridized carbons (Fsp3) is 0.200. The molecular weight excluding hydrogens is 260 g/mol. The molecule has 0 saturated carbocycles. The molecule has 1 rings (SSSR count). The second-order valence-electron chi connectivity index (χ2n) is 3.31. The first-order chi connectivity index (χ1) is 8.38. The lowest BCUT2D eigenvalue weighted by atomic mass is 10.2. The summed E-state index contributed by atoms with van der Waals surface area (Å²) in [5.41, 5.74) is -0.0604. The Morgan fingerprint density at radius 2 is 2.06 bits per heavy atom. The Balaban J connectivity index is 2.94. The highest BCUT2D eigenvalue weighted by Crippen LogP contribution is 2.13. The second kappa shape index (κ2) is 5.59. The van der Waals surface area contributed by atoms with Gasteiger partial charge in [0.25, 0.3) is 0 Å². The molecular formula is C10H10N2O5S. The number of carboxylic acids is 1. The fourth-order valence-electron chi connectivity index (χ4n) is 1.15. The van der Waals surface area contributed by atoms with E-state index < -0.39 is 28.6 Å². The topological polar surface area (TPSA) is 127 Å². The molecule has 0 heterocycles. The van der Waals surface area contributed by atoms with Crippen LogP contribution >= 0.6 is 0 Å². The third kappa shape index (κ3) is 3.27. The smallest absolute Gasteiger partial charge is 0.333 e. The Morgan fingerprint density at radius 3 is 2.61 bits per heavy atom. The Kier molecular flexibility index (Phi) is 4.38. The van der Waals surface area contributed by atoms with Crippen LogP contribution in [-0.4, -0.2) is 37.2 Å². The van der Waals surface area contributed by atoms with E-state index in [4.69, 9.17) is 15.5 Å². The standard InChI is InChI=1S/C10H10N2O5S/c11-5-7-3-1-2-4-9(7)18(16,17)12-6-8(13)10(14)15/h1-4,8,12-13H,6H2,(H,14,15). The quantitative estimate of drug-likeness (QED) is 0.648. The minimum Gasteiger partial charge on any atom is -0.479 e. The predicted molar refractivity (Wildman–Crippen MR) is 60.0 cm³/mol. The van der Waals surface area contributed by atoms with Crippen molar-refractivity contribution in [3.05, 3.63) is 29.8 Å². The first-order valence-electron chi connectivity index (χ1n) is 4.78. The first kappa shape index (κ1) is 14.1. The van der Waals surface area contributed by atoms with Crippen molar-refractivity contribution < 1.29 is 23.4 Å². The highest BCUT2D eigenvalue weighted by Gasteiger charge is 2.21. The number of aliphatic hydroxyl groups excluding tert-OH is 1. The van der Waals surface area contributed by atoms with Gasteiger partial charge in [0.2, 0.25) is 10.0 Å². The van der Waals surface area contributed by atoms with Gasteiger partial charge in [-0.25, -0.2) is 17.9 Å². The van der Waals surface area contributed by atoms with Crippen molar-refractivity contribution in [1.29, 1.82) is 5.26 Å². The van der Waals surface area contributed by atoms with Crippen LogP contribution in [0.4, 0.5) is 0 Å². The Bertz CT molecular complexity index is 591. The third-order valence-electron chi connectivity index (χ3n) is 2.05. The normalized spacial score (nSPS) is 12.7. The number of nitrogens with one attached hydrogen (secondary N) is 1. The lowest BCUT2D eigenvalue weighted by Crippen LogP contribution is -2.36. The van der Waals surface area contributed by atoms with Gasteiger partial charge in [-0.15, -0.1) is 0 Å². The van der Waals surface area contributed by atoms with E-state index in [9.17, 15) is 13.2 Å². The molecule has 96 valence electrons. The summed E-state index contributed by atoms with van der Waals surface area (Å²) in [7, 11) is -4.03. The average Bonchev–Trinajstić information content (AvgIpc) is 2.35. The zero-order chi connectivity index (χ0) is 13.8. The summed E-state index contributed by atoms with van der Waals surface area (Å²) in [6.45, 7) is -0.669. The molecule has 0 saturated heterocycles. The van der Waals surface area contributed by atoms with E-state index >= 15 is 0 Å². The van der Waals surface area contributed by atoms with Gasteiger partial charge >= 0.3 is 5.97 Å². The maximum absolute atomic E-state index is 11.8. The monoisotopic (exact) mass is 270 g/mol. The molecule has 0 amide bonds. The van der Waals surface area contributed by atoms with E-state index in [0.717, 1.165) is 0 Å². The maximum Gasteiger partial charge on any atom is 0.333 e. The third-order valence-corrected chi connectivity index (χ3v) is 3.53. The zero-order valence-corrected chi connectivity index (χ0v) is 9.88. The van der Waals surface area contributed by atoms with Crippen LogP contribution in [0.2, 0.25) is 0 Å². The van der Waals surface area contributed by atoms with Crippen molar-refractivity contribution in [1.82, 2.24) is 4.72 Å². The number of aliphatic hydroxyl groups is 1. The molecule has 8 heteroatoms. The lowest BCUT2D eigenvalue weighted by molar-refractivity contribution is -0.146. The number of hydrogen-bond acceptors (Lipinski definition) is 5. The minimum atomic E-state index is -4.03. The number of carbonyl (C=O) groups is 1. The van der Waals surface area contributed by atoms with E-state index in [2.05, 4.69) is 0 Å². The first-order valence-corrected chi connectivity index (χ1v) is 6.26. The molecule has 3 N–H and O–H groups in total. The summed E-state index contributed by atoms with van der Waals surface area (Å²) in [6.07, 6.45) is -1.84. The van der Waals surface area contributed by atoms with Crippen LogP contribution in [0.3, 0.4) is 0 Å².